The fourth-order valence-electron chi connectivity index (χ4n) is 2.73. The molecule has 1 aromatic carbocycles. The number of hydrogen-bond acceptors (Lipinski definition) is 4. The van der Waals surface area contributed by atoms with Crippen LogP contribution in [0.25, 0.3) is 0 Å². The van der Waals surface area contributed by atoms with Crippen LogP contribution in [0.15, 0.2) is 41.3 Å². The summed E-state index contributed by atoms with van der Waals surface area (Å²) >= 11 is 0. The number of alkyl halides is 3. The zero-order valence-electron chi connectivity index (χ0n) is 14.4. The summed E-state index contributed by atoms with van der Waals surface area (Å²) in [6, 6.07) is 6.56. The number of amides is 1. The van der Waals surface area contributed by atoms with E-state index in [9.17, 15) is 22.8 Å². The lowest BCUT2D eigenvalue weighted by Gasteiger charge is -2.21. The first-order valence-corrected chi connectivity index (χ1v) is 8.21. The number of halogens is 3. The molecule has 2 aromatic rings. The van der Waals surface area contributed by atoms with Crippen LogP contribution in [0.3, 0.4) is 0 Å². The number of rotatable bonds is 4. The molecule has 2 heterocycles. The highest BCUT2D eigenvalue weighted by Gasteiger charge is 2.34. The third-order valence-corrected chi connectivity index (χ3v) is 4.08. The van der Waals surface area contributed by atoms with Gasteiger partial charge < -0.3 is 19.4 Å². The van der Waals surface area contributed by atoms with Crippen LogP contribution in [0.1, 0.15) is 24.1 Å². The Labute approximate surface area is 152 Å². The molecule has 1 atom stereocenters. The number of hydrogen-bond donors (Lipinski definition) is 1. The summed E-state index contributed by atoms with van der Waals surface area (Å²) in [6.45, 7) is 2.09. The number of pyridine rings is 1. The monoisotopic (exact) mass is 382 g/mol. The van der Waals surface area contributed by atoms with Gasteiger partial charge >= 0.3 is 6.18 Å². The highest BCUT2D eigenvalue weighted by molar-refractivity contribution is 5.76. The van der Waals surface area contributed by atoms with Gasteiger partial charge in [0.15, 0.2) is 11.5 Å². The Hall–Kier alpha value is -2.97. The molecular formula is C18H17F3N2O4. The van der Waals surface area contributed by atoms with Crippen LogP contribution in [0.5, 0.6) is 11.5 Å². The first-order valence-electron chi connectivity index (χ1n) is 8.21. The van der Waals surface area contributed by atoms with Gasteiger partial charge in [0.25, 0.3) is 5.56 Å². The van der Waals surface area contributed by atoms with Crippen molar-refractivity contribution in [2.24, 2.45) is 0 Å². The normalized spacial score (nSPS) is 14.5. The molecule has 9 heteroatoms. The van der Waals surface area contributed by atoms with E-state index in [-0.39, 0.29) is 0 Å². The minimum Gasteiger partial charge on any atom is -0.486 e. The lowest BCUT2D eigenvalue weighted by molar-refractivity contribution is -0.139. The van der Waals surface area contributed by atoms with Crippen molar-refractivity contribution < 1.29 is 27.4 Å². The van der Waals surface area contributed by atoms with Crippen molar-refractivity contribution in [3.05, 3.63) is 58.0 Å². The zero-order valence-corrected chi connectivity index (χ0v) is 14.4. The lowest BCUT2D eigenvalue weighted by atomic mass is 10.1. The number of ether oxygens (including phenoxy) is 2. The van der Waals surface area contributed by atoms with Crippen molar-refractivity contribution in [1.82, 2.24) is 9.88 Å². The molecule has 144 valence electrons. The van der Waals surface area contributed by atoms with Crippen LogP contribution in [0, 0.1) is 0 Å². The Morgan fingerprint density at radius 2 is 1.93 bits per heavy atom. The van der Waals surface area contributed by atoms with Crippen LogP contribution in [-0.4, -0.2) is 23.7 Å². The van der Waals surface area contributed by atoms with E-state index < -0.39 is 35.8 Å². The number of nitrogens with zero attached hydrogens (tertiary/aromatic N) is 1. The lowest BCUT2D eigenvalue weighted by Crippen LogP contribution is -2.35. The fraction of sp³-hybridized carbons (Fsp3) is 0.333. The zero-order chi connectivity index (χ0) is 19.6. The molecule has 0 saturated carbocycles. The van der Waals surface area contributed by atoms with Gasteiger partial charge in [-0.05, 0) is 36.8 Å². The van der Waals surface area contributed by atoms with Gasteiger partial charge in [0.05, 0.1) is 6.04 Å². The highest BCUT2D eigenvalue weighted by atomic mass is 19.4. The molecule has 1 aliphatic rings. The molecule has 0 bridgehead atoms. The molecule has 6 nitrogen and oxygen atoms in total. The number of nitrogens with one attached hydrogen (secondary N) is 1. The Kier molecular flexibility index (Phi) is 5.11. The van der Waals surface area contributed by atoms with Gasteiger partial charge in [-0.3, -0.25) is 9.59 Å². The molecule has 27 heavy (non-hydrogen) atoms. The largest absolute Gasteiger partial charge is 0.486 e. The maximum Gasteiger partial charge on any atom is 0.421 e. The second-order valence-electron chi connectivity index (χ2n) is 6.04. The van der Waals surface area contributed by atoms with Crippen molar-refractivity contribution in [3.8, 4) is 11.5 Å². The molecule has 0 aliphatic carbocycles. The van der Waals surface area contributed by atoms with E-state index in [4.69, 9.17) is 9.47 Å². The molecule has 0 radical (unpaired) electrons. The summed E-state index contributed by atoms with van der Waals surface area (Å²) in [5.74, 6) is 0.590. The maximum atomic E-state index is 12.8. The van der Waals surface area contributed by atoms with Crippen molar-refractivity contribution in [1.29, 1.82) is 0 Å². The molecule has 0 saturated heterocycles. The molecule has 0 spiro atoms. The molecule has 1 aliphatic heterocycles. The Bertz CT molecular complexity index is 908. The van der Waals surface area contributed by atoms with Crippen molar-refractivity contribution in [3.63, 3.8) is 0 Å². The number of fused-ring (bicyclic) bond motifs is 1. The quantitative estimate of drug-likeness (QED) is 0.882. The van der Waals surface area contributed by atoms with Gasteiger partial charge in [0.2, 0.25) is 5.91 Å². The number of aromatic nitrogens is 1. The van der Waals surface area contributed by atoms with E-state index in [1.165, 1.54) is 0 Å². The second kappa shape index (κ2) is 7.34. The predicted octanol–water partition coefficient (Wildman–Crippen LogP) is 2.52. The van der Waals surface area contributed by atoms with E-state index >= 15 is 0 Å². The van der Waals surface area contributed by atoms with Crippen molar-refractivity contribution in [2.45, 2.75) is 25.7 Å². The molecule has 1 aromatic heterocycles. The summed E-state index contributed by atoms with van der Waals surface area (Å²) < 4.78 is 50.0. The molecule has 0 fully saturated rings. The Morgan fingerprint density at radius 1 is 1.22 bits per heavy atom. The van der Waals surface area contributed by atoms with E-state index in [2.05, 4.69) is 5.32 Å². The summed E-state index contributed by atoms with van der Waals surface area (Å²) in [5, 5.41) is 2.66. The van der Waals surface area contributed by atoms with Gasteiger partial charge in [-0.2, -0.15) is 13.2 Å². The SMILES string of the molecule is C[C@@H](NC(=O)Cn1cccc(C(F)(F)F)c1=O)c1ccc2c(c1)OCCO2. The fourth-order valence-corrected chi connectivity index (χ4v) is 2.73. The Morgan fingerprint density at radius 3 is 2.63 bits per heavy atom. The van der Waals surface area contributed by atoms with E-state index in [0.717, 1.165) is 22.4 Å². The van der Waals surface area contributed by atoms with Crippen LogP contribution >= 0.6 is 0 Å². The van der Waals surface area contributed by atoms with Gasteiger partial charge in [0.1, 0.15) is 25.3 Å². The minimum absolute atomic E-state index is 0.426. The average Bonchev–Trinajstić information content (AvgIpc) is 2.62. The average molecular weight is 382 g/mol. The number of carbonyl (C=O) groups is 1. The predicted molar refractivity (Wildman–Crippen MR) is 89.7 cm³/mol. The topological polar surface area (TPSA) is 69.6 Å². The summed E-state index contributed by atoms with van der Waals surface area (Å²) in [7, 11) is 0. The smallest absolute Gasteiger partial charge is 0.421 e. The summed E-state index contributed by atoms with van der Waals surface area (Å²) in [6.07, 6.45) is -3.62. The molecule has 0 unspecified atom stereocenters. The highest BCUT2D eigenvalue weighted by Crippen LogP contribution is 2.32. The van der Waals surface area contributed by atoms with Crippen molar-refractivity contribution >= 4 is 5.91 Å². The van der Waals surface area contributed by atoms with E-state index in [1.54, 1.807) is 25.1 Å². The summed E-state index contributed by atoms with van der Waals surface area (Å²) in [4.78, 5) is 24.1. The first-order chi connectivity index (χ1) is 12.8. The standard InChI is InChI=1S/C18H17F3N2O4/c1-11(12-4-5-14-15(9-12)27-8-7-26-14)22-16(24)10-23-6-2-3-13(17(23)25)18(19,20)21/h2-6,9,11H,7-8,10H2,1H3,(H,22,24)/t11-/m1/s1. The Balaban J connectivity index is 1.70. The molecule has 1 N–H and O–H groups in total. The van der Waals surface area contributed by atoms with Crippen molar-refractivity contribution in [2.75, 3.05) is 13.2 Å². The van der Waals surface area contributed by atoms with Crippen LogP contribution < -0.4 is 20.3 Å². The van der Waals surface area contributed by atoms with E-state index in [1.807, 2.05) is 0 Å². The minimum atomic E-state index is -4.77. The van der Waals surface area contributed by atoms with E-state index in [0.29, 0.717) is 30.8 Å². The van der Waals surface area contributed by atoms with Crippen LogP contribution in [0.2, 0.25) is 0 Å². The van der Waals surface area contributed by atoms with Gasteiger partial charge in [-0.15, -0.1) is 0 Å². The molecule has 3 rings (SSSR count). The number of carbonyl (C=O) groups excluding carboxylic acids is 1. The third-order valence-electron chi connectivity index (χ3n) is 4.08. The van der Waals surface area contributed by atoms with Gasteiger partial charge in [-0.1, -0.05) is 6.07 Å². The van der Waals surface area contributed by atoms with Crippen LogP contribution in [0.4, 0.5) is 13.2 Å². The molecule has 1 amide bonds. The summed E-state index contributed by atoms with van der Waals surface area (Å²) in [5.41, 5.74) is -1.83. The van der Waals surface area contributed by atoms with Gasteiger partial charge in [0, 0.05) is 6.20 Å². The number of benzene rings is 1. The van der Waals surface area contributed by atoms with Gasteiger partial charge in [-0.25, -0.2) is 0 Å². The van der Waals surface area contributed by atoms with Crippen LogP contribution in [-0.2, 0) is 17.5 Å². The maximum absolute atomic E-state index is 12.8. The first kappa shape index (κ1) is 18.8. The third kappa shape index (κ3) is 4.24. The molecular weight excluding hydrogens is 365 g/mol. The second-order valence-corrected chi connectivity index (χ2v) is 6.04.